The molecule has 0 radical (unpaired) electrons. The Morgan fingerprint density at radius 2 is 1.64 bits per heavy atom. The zero-order valence-electron chi connectivity index (χ0n) is 14.5. The standard InChI is InChI=1S/C21H25NO2S/c23-21(19-9-5-2-6-10-19)20(17-18-7-3-1-4-8-18)25-16-13-22-11-14-24-15-12-22/h1-10,20H,11-17H2. The molecule has 25 heavy (non-hydrogen) atoms. The lowest BCUT2D eigenvalue weighted by Crippen LogP contribution is -2.38. The van der Waals surface area contributed by atoms with Crippen molar-refractivity contribution in [3.63, 3.8) is 0 Å². The van der Waals surface area contributed by atoms with Gasteiger partial charge in [-0.2, -0.15) is 0 Å². The molecule has 1 saturated heterocycles. The van der Waals surface area contributed by atoms with E-state index in [2.05, 4.69) is 17.0 Å². The molecule has 4 heteroatoms. The molecule has 0 aromatic heterocycles. The third-order valence-corrected chi connectivity index (χ3v) is 5.65. The van der Waals surface area contributed by atoms with Crippen LogP contribution in [0.3, 0.4) is 0 Å². The molecule has 1 unspecified atom stereocenters. The molecule has 1 aliphatic rings. The summed E-state index contributed by atoms with van der Waals surface area (Å²) in [5.74, 6) is 1.20. The van der Waals surface area contributed by atoms with E-state index in [1.54, 1.807) is 11.8 Å². The molecule has 1 fully saturated rings. The summed E-state index contributed by atoms with van der Waals surface area (Å²) >= 11 is 1.78. The van der Waals surface area contributed by atoms with Crippen molar-refractivity contribution in [2.75, 3.05) is 38.6 Å². The molecule has 1 atom stereocenters. The summed E-state index contributed by atoms with van der Waals surface area (Å²) in [4.78, 5) is 15.4. The van der Waals surface area contributed by atoms with Crippen molar-refractivity contribution in [2.24, 2.45) is 0 Å². The highest BCUT2D eigenvalue weighted by Crippen LogP contribution is 2.21. The first kappa shape index (κ1) is 18.2. The number of rotatable bonds is 8. The molecule has 3 rings (SSSR count). The van der Waals surface area contributed by atoms with Crippen molar-refractivity contribution in [3.8, 4) is 0 Å². The minimum Gasteiger partial charge on any atom is -0.379 e. The number of thioether (sulfide) groups is 1. The van der Waals surface area contributed by atoms with Crippen molar-refractivity contribution in [3.05, 3.63) is 71.8 Å². The smallest absolute Gasteiger partial charge is 0.176 e. The van der Waals surface area contributed by atoms with Crippen LogP contribution in [0.5, 0.6) is 0 Å². The van der Waals surface area contributed by atoms with Crippen LogP contribution in [0.15, 0.2) is 60.7 Å². The van der Waals surface area contributed by atoms with Gasteiger partial charge in [0, 0.05) is 31.0 Å². The molecule has 0 N–H and O–H groups in total. The molecule has 1 aliphatic heterocycles. The number of hydrogen-bond acceptors (Lipinski definition) is 4. The highest BCUT2D eigenvalue weighted by atomic mass is 32.2. The number of ether oxygens (including phenoxy) is 1. The quantitative estimate of drug-likeness (QED) is 0.678. The molecule has 0 bridgehead atoms. The van der Waals surface area contributed by atoms with Crippen LogP contribution in [-0.2, 0) is 11.2 Å². The summed E-state index contributed by atoms with van der Waals surface area (Å²) in [5, 5.41) is -0.0363. The number of benzene rings is 2. The van der Waals surface area contributed by atoms with Gasteiger partial charge < -0.3 is 4.74 Å². The number of morpholine rings is 1. The van der Waals surface area contributed by atoms with E-state index in [4.69, 9.17) is 4.74 Å². The first-order valence-electron chi connectivity index (χ1n) is 8.88. The van der Waals surface area contributed by atoms with E-state index in [9.17, 15) is 4.79 Å². The molecule has 1 heterocycles. The topological polar surface area (TPSA) is 29.5 Å². The first-order chi connectivity index (χ1) is 12.3. The van der Waals surface area contributed by atoms with Gasteiger partial charge in [-0.15, -0.1) is 11.8 Å². The van der Waals surface area contributed by atoms with E-state index >= 15 is 0 Å². The monoisotopic (exact) mass is 355 g/mol. The van der Waals surface area contributed by atoms with Crippen LogP contribution in [0.1, 0.15) is 15.9 Å². The minimum atomic E-state index is -0.0363. The predicted molar refractivity (Wildman–Crippen MR) is 104 cm³/mol. The minimum absolute atomic E-state index is 0.0363. The van der Waals surface area contributed by atoms with Crippen LogP contribution in [0.25, 0.3) is 0 Å². The number of nitrogens with zero attached hydrogens (tertiary/aromatic N) is 1. The zero-order valence-corrected chi connectivity index (χ0v) is 15.3. The molecule has 0 amide bonds. The Hall–Kier alpha value is -1.62. The molecule has 0 saturated carbocycles. The van der Waals surface area contributed by atoms with Crippen LogP contribution < -0.4 is 0 Å². The van der Waals surface area contributed by atoms with E-state index < -0.39 is 0 Å². The van der Waals surface area contributed by atoms with Crippen molar-refractivity contribution in [1.82, 2.24) is 4.90 Å². The molecule has 2 aromatic carbocycles. The number of Topliss-reactive ketones (excluding diaryl/α,β-unsaturated/α-hetero) is 1. The Kier molecular flexibility index (Phi) is 7.10. The number of carbonyl (C=O) groups excluding carboxylic acids is 1. The molecule has 0 aliphatic carbocycles. The van der Waals surface area contributed by atoms with E-state index in [0.29, 0.717) is 0 Å². The van der Waals surface area contributed by atoms with Crippen LogP contribution in [0.2, 0.25) is 0 Å². The summed E-state index contributed by atoms with van der Waals surface area (Å²) in [6.07, 6.45) is 0.780. The second kappa shape index (κ2) is 9.76. The van der Waals surface area contributed by atoms with Gasteiger partial charge in [0.2, 0.25) is 0 Å². The lowest BCUT2D eigenvalue weighted by Gasteiger charge is -2.27. The lowest BCUT2D eigenvalue weighted by atomic mass is 10.0. The van der Waals surface area contributed by atoms with Crippen LogP contribution >= 0.6 is 11.8 Å². The summed E-state index contributed by atoms with van der Waals surface area (Å²) in [7, 11) is 0. The number of carbonyl (C=O) groups is 1. The van der Waals surface area contributed by atoms with Gasteiger partial charge >= 0.3 is 0 Å². The second-order valence-electron chi connectivity index (χ2n) is 6.23. The molecule has 2 aromatic rings. The largest absolute Gasteiger partial charge is 0.379 e. The normalized spacial score (nSPS) is 16.5. The molecule has 3 nitrogen and oxygen atoms in total. The van der Waals surface area contributed by atoms with E-state index in [0.717, 1.165) is 50.6 Å². The maximum Gasteiger partial charge on any atom is 0.176 e. The molecule has 132 valence electrons. The fourth-order valence-electron chi connectivity index (χ4n) is 2.99. The van der Waals surface area contributed by atoms with Crippen molar-refractivity contribution < 1.29 is 9.53 Å². The maximum absolute atomic E-state index is 13.0. The van der Waals surface area contributed by atoms with Crippen LogP contribution in [-0.4, -0.2) is 54.5 Å². The SMILES string of the molecule is O=C(c1ccccc1)C(Cc1ccccc1)SCCN1CCOCC1. The first-order valence-corrected chi connectivity index (χ1v) is 9.93. The van der Waals surface area contributed by atoms with Crippen molar-refractivity contribution in [1.29, 1.82) is 0 Å². The number of hydrogen-bond donors (Lipinski definition) is 0. The Bertz CT molecular complexity index is 641. The van der Waals surface area contributed by atoms with Gasteiger partial charge in [-0.3, -0.25) is 9.69 Å². The van der Waals surface area contributed by atoms with Gasteiger partial charge in [0.25, 0.3) is 0 Å². The third-order valence-electron chi connectivity index (χ3n) is 4.44. The molecule has 0 spiro atoms. The maximum atomic E-state index is 13.0. The third kappa shape index (κ3) is 5.70. The molecular weight excluding hydrogens is 330 g/mol. The fourth-order valence-corrected chi connectivity index (χ4v) is 4.24. The fraction of sp³-hybridized carbons (Fsp3) is 0.381. The Morgan fingerprint density at radius 3 is 2.32 bits per heavy atom. The lowest BCUT2D eigenvalue weighted by molar-refractivity contribution is 0.0410. The zero-order chi connectivity index (χ0) is 17.3. The van der Waals surface area contributed by atoms with Crippen LogP contribution in [0.4, 0.5) is 0 Å². The Balaban J connectivity index is 1.62. The average Bonchev–Trinajstić information content (AvgIpc) is 2.69. The predicted octanol–water partition coefficient (Wildman–Crippen LogP) is 3.55. The summed E-state index contributed by atoms with van der Waals surface area (Å²) in [5.41, 5.74) is 2.03. The molecular formula is C21H25NO2S. The Labute approximate surface area is 154 Å². The van der Waals surface area contributed by atoms with Crippen molar-refractivity contribution >= 4 is 17.5 Å². The summed E-state index contributed by atoms with van der Waals surface area (Å²) in [6.45, 7) is 4.65. The van der Waals surface area contributed by atoms with Gasteiger partial charge in [-0.05, 0) is 12.0 Å². The summed E-state index contributed by atoms with van der Waals surface area (Å²) < 4.78 is 5.40. The second-order valence-corrected chi connectivity index (χ2v) is 7.54. The average molecular weight is 356 g/mol. The number of ketones is 1. The van der Waals surface area contributed by atoms with Crippen LogP contribution in [0, 0.1) is 0 Å². The van der Waals surface area contributed by atoms with E-state index in [-0.39, 0.29) is 11.0 Å². The van der Waals surface area contributed by atoms with Gasteiger partial charge in [0.1, 0.15) is 0 Å². The van der Waals surface area contributed by atoms with Gasteiger partial charge in [-0.25, -0.2) is 0 Å². The van der Waals surface area contributed by atoms with Crippen molar-refractivity contribution in [2.45, 2.75) is 11.7 Å². The summed E-state index contributed by atoms with van der Waals surface area (Å²) in [6, 6.07) is 20.0. The van der Waals surface area contributed by atoms with E-state index in [1.165, 1.54) is 5.56 Å². The van der Waals surface area contributed by atoms with Gasteiger partial charge in [0.15, 0.2) is 5.78 Å². The van der Waals surface area contributed by atoms with E-state index in [1.807, 2.05) is 48.5 Å². The highest BCUT2D eigenvalue weighted by Gasteiger charge is 2.21. The Morgan fingerprint density at radius 1 is 1.00 bits per heavy atom. The van der Waals surface area contributed by atoms with Gasteiger partial charge in [0.05, 0.1) is 18.5 Å². The highest BCUT2D eigenvalue weighted by molar-refractivity contribution is 8.00. The van der Waals surface area contributed by atoms with Gasteiger partial charge in [-0.1, -0.05) is 60.7 Å².